The zero-order valence-electron chi connectivity index (χ0n) is 8.70. The van der Waals surface area contributed by atoms with Crippen molar-refractivity contribution < 1.29 is 0 Å². The van der Waals surface area contributed by atoms with E-state index in [0.29, 0.717) is 0 Å². The van der Waals surface area contributed by atoms with Gasteiger partial charge in [0.2, 0.25) is 0 Å². The van der Waals surface area contributed by atoms with Crippen molar-refractivity contribution in [3.63, 3.8) is 0 Å². The molecule has 1 aliphatic carbocycles. The van der Waals surface area contributed by atoms with Crippen LogP contribution in [0.4, 0.5) is 0 Å². The van der Waals surface area contributed by atoms with Crippen LogP contribution in [0.2, 0.25) is 0 Å². The van der Waals surface area contributed by atoms with Crippen molar-refractivity contribution in [2.75, 3.05) is 0 Å². The minimum atomic E-state index is 0.809. The van der Waals surface area contributed by atoms with Gasteiger partial charge in [-0.2, -0.15) is 5.10 Å². The molecule has 1 saturated carbocycles. The van der Waals surface area contributed by atoms with Gasteiger partial charge in [0, 0.05) is 13.2 Å². The van der Waals surface area contributed by atoms with Gasteiger partial charge in [0.05, 0.1) is 6.20 Å². The fourth-order valence-corrected chi connectivity index (χ4v) is 2.67. The standard InChI is InChI=1S/C11H18N2/c1-4-9-10(5-2)11(9)8-6-12-13(3)7-8/h6-7,9-11H,4-5H2,1-3H3. The molecule has 2 rings (SSSR count). The van der Waals surface area contributed by atoms with Crippen molar-refractivity contribution in [3.8, 4) is 0 Å². The Morgan fingerprint density at radius 2 is 1.92 bits per heavy atom. The molecular formula is C11H18N2. The summed E-state index contributed by atoms with van der Waals surface area (Å²) in [6, 6.07) is 0. The van der Waals surface area contributed by atoms with E-state index in [1.807, 2.05) is 17.9 Å². The molecule has 2 nitrogen and oxygen atoms in total. The van der Waals surface area contributed by atoms with Crippen molar-refractivity contribution >= 4 is 0 Å². The molecule has 2 unspecified atom stereocenters. The lowest BCUT2D eigenvalue weighted by molar-refractivity contribution is 0.663. The molecule has 0 spiro atoms. The van der Waals surface area contributed by atoms with Crippen molar-refractivity contribution in [3.05, 3.63) is 18.0 Å². The predicted octanol–water partition coefficient (Wildman–Crippen LogP) is 2.57. The van der Waals surface area contributed by atoms with Crippen molar-refractivity contribution in [1.29, 1.82) is 0 Å². The van der Waals surface area contributed by atoms with Crippen LogP contribution >= 0.6 is 0 Å². The monoisotopic (exact) mass is 178 g/mol. The fourth-order valence-electron chi connectivity index (χ4n) is 2.67. The van der Waals surface area contributed by atoms with E-state index in [1.165, 1.54) is 18.4 Å². The number of rotatable bonds is 3. The molecule has 13 heavy (non-hydrogen) atoms. The molecule has 1 heterocycles. The van der Waals surface area contributed by atoms with Gasteiger partial charge in [-0.1, -0.05) is 26.7 Å². The van der Waals surface area contributed by atoms with E-state index in [-0.39, 0.29) is 0 Å². The summed E-state index contributed by atoms with van der Waals surface area (Å²) < 4.78 is 1.91. The number of nitrogens with zero attached hydrogens (tertiary/aromatic N) is 2. The Kier molecular flexibility index (Phi) is 2.14. The topological polar surface area (TPSA) is 17.8 Å². The largest absolute Gasteiger partial charge is 0.276 e. The minimum absolute atomic E-state index is 0.809. The molecule has 0 aliphatic heterocycles. The average molecular weight is 178 g/mol. The highest BCUT2D eigenvalue weighted by Gasteiger charge is 2.48. The average Bonchev–Trinajstić information content (AvgIpc) is 2.71. The molecule has 1 aromatic rings. The van der Waals surface area contributed by atoms with Gasteiger partial charge in [0.1, 0.15) is 0 Å². The highest BCUT2D eigenvalue weighted by Crippen LogP contribution is 2.57. The third-order valence-electron chi connectivity index (χ3n) is 3.38. The number of aromatic nitrogens is 2. The summed E-state index contributed by atoms with van der Waals surface area (Å²) in [4.78, 5) is 0. The van der Waals surface area contributed by atoms with E-state index in [1.54, 1.807) is 0 Å². The molecule has 1 aliphatic rings. The maximum absolute atomic E-state index is 4.23. The summed E-state index contributed by atoms with van der Waals surface area (Å²) in [5, 5.41) is 4.23. The first-order chi connectivity index (χ1) is 6.27. The molecule has 2 atom stereocenters. The molecular weight excluding hydrogens is 160 g/mol. The Labute approximate surface area is 80.0 Å². The van der Waals surface area contributed by atoms with Crippen molar-refractivity contribution in [1.82, 2.24) is 9.78 Å². The molecule has 0 N–H and O–H groups in total. The van der Waals surface area contributed by atoms with Crippen LogP contribution in [0.3, 0.4) is 0 Å². The van der Waals surface area contributed by atoms with Crippen LogP contribution in [0.1, 0.15) is 38.2 Å². The van der Waals surface area contributed by atoms with Gasteiger partial charge in [-0.25, -0.2) is 0 Å². The molecule has 1 fully saturated rings. The molecule has 0 amide bonds. The van der Waals surface area contributed by atoms with Crippen molar-refractivity contribution in [2.45, 2.75) is 32.6 Å². The lowest BCUT2D eigenvalue weighted by Gasteiger charge is -1.90. The highest BCUT2D eigenvalue weighted by atomic mass is 15.2. The zero-order valence-corrected chi connectivity index (χ0v) is 8.70. The third kappa shape index (κ3) is 1.38. The summed E-state index contributed by atoms with van der Waals surface area (Å²) in [5.41, 5.74) is 1.45. The summed E-state index contributed by atoms with van der Waals surface area (Å²) >= 11 is 0. The molecule has 72 valence electrons. The molecule has 1 aromatic heterocycles. The van der Waals surface area contributed by atoms with E-state index in [4.69, 9.17) is 0 Å². The highest BCUT2D eigenvalue weighted by molar-refractivity contribution is 5.23. The second-order valence-electron chi connectivity index (χ2n) is 4.12. The Bertz CT molecular complexity index is 280. The number of aryl methyl sites for hydroxylation is 1. The van der Waals surface area contributed by atoms with Gasteiger partial charge in [0.25, 0.3) is 0 Å². The smallest absolute Gasteiger partial charge is 0.0524 e. The van der Waals surface area contributed by atoms with Gasteiger partial charge in [-0.15, -0.1) is 0 Å². The third-order valence-corrected chi connectivity index (χ3v) is 3.38. The van der Waals surface area contributed by atoms with E-state index in [9.17, 15) is 0 Å². The second-order valence-corrected chi connectivity index (χ2v) is 4.12. The maximum atomic E-state index is 4.23. The van der Waals surface area contributed by atoms with Gasteiger partial charge in [-0.05, 0) is 23.3 Å². The van der Waals surface area contributed by atoms with Crippen LogP contribution in [0.5, 0.6) is 0 Å². The summed E-state index contributed by atoms with van der Waals surface area (Å²) in [7, 11) is 1.99. The van der Waals surface area contributed by atoms with E-state index in [2.05, 4.69) is 25.1 Å². The van der Waals surface area contributed by atoms with Crippen LogP contribution in [0.25, 0.3) is 0 Å². The first kappa shape index (κ1) is 8.79. The SMILES string of the molecule is CCC1C(CC)C1c1cnn(C)c1. The normalized spacial score (nSPS) is 32.1. The van der Waals surface area contributed by atoms with Crippen LogP contribution in [-0.2, 0) is 7.05 Å². The molecule has 2 heteroatoms. The maximum Gasteiger partial charge on any atom is 0.0524 e. The van der Waals surface area contributed by atoms with Crippen LogP contribution in [0, 0.1) is 11.8 Å². The Hall–Kier alpha value is -0.790. The van der Waals surface area contributed by atoms with Gasteiger partial charge in [0.15, 0.2) is 0 Å². The predicted molar refractivity (Wildman–Crippen MR) is 53.5 cm³/mol. The van der Waals surface area contributed by atoms with Crippen LogP contribution in [0.15, 0.2) is 12.4 Å². The van der Waals surface area contributed by atoms with Gasteiger partial charge < -0.3 is 0 Å². The molecule has 0 bridgehead atoms. The number of hydrogen-bond donors (Lipinski definition) is 0. The van der Waals surface area contributed by atoms with Crippen molar-refractivity contribution in [2.24, 2.45) is 18.9 Å². The fraction of sp³-hybridized carbons (Fsp3) is 0.727. The summed E-state index contributed by atoms with van der Waals surface area (Å²) in [5.74, 6) is 2.66. The Morgan fingerprint density at radius 3 is 2.31 bits per heavy atom. The Balaban J connectivity index is 2.11. The lowest BCUT2D eigenvalue weighted by atomic mass is 10.1. The second kappa shape index (κ2) is 3.17. The first-order valence-corrected chi connectivity index (χ1v) is 5.26. The zero-order chi connectivity index (χ0) is 9.42. The minimum Gasteiger partial charge on any atom is -0.276 e. The first-order valence-electron chi connectivity index (χ1n) is 5.26. The van der Waals surface area contributed by atoms with E-state index in [0.717, 1.165) is 17.8 Å². The van der Waals surface area contributed by atoms with Crippen LogP contribution in [-0.4, -0.2) is 9.78 Å². The molecule has 0 aromatic carbocycles. The summed E-state index contributed by atoms with van der Waals surface area (Å²) in [6.45, 7) is 4.59. The quantitative estimate of drug-likeness (QED) is 0.695. The summed E-state index contributed by atoms with van der Waals surface area (Å²) in [6.07, 6.45) is 6.84. The molecule has 0 saturated heterocycles. The molecule has 0 radical (unpaired) electrons. The van der Waals surface area contributed by atoms with E-state index < -0.39 is 0 Å². The van der Waals surface area contributed by atoms with Gasteiger partial charge in [-0.3, -0.25) is 4.68 Å². The Morgan fingerprint density at radius 1 is 1.31 bits per heavy atom. The van der Waals surface area contributed by atoms with Gasteiger partial charge >= 0.3 is 0 Å². The number of hydrogen-bond acceptors (Lipinski definition) is 1. The lowest BCUT2D eigenvalue weighted by Crippen LogP contribution is -1.84. The van der Waals surface area contributed by atoms with Crippen LogP contribution < -0.4 is 0 Å². The van der Waals surface area contributed by atoms with E-state index >= 15 is 0 Å².